The molecule has 0 aliphatic heterocycles. The van der Waals surface area contributed by atoms with Crippen LogP contribution >= 0.6 is 0 Å². The molecule has 16 aromatic heterocycles. The summed E-state index contributed by atoms with van der Waals surface area (Å²) in [6.07, 6.45) is 27.0. The Balaban J connectivity index is -0.000000177. The fraction of sp³-hybridized carbons (Fsp3) is 0.408. The zero-order valence-electron chi connectivity index (χ0n) is 69.9. The van der Waals surface area contributed by atoms with E-state index in [1.54, 1.807) is 0 Å². The third-order valence-corrected chi connectivity index (χ3v) is 15.8. The van der Waals surface area contributed by atoms with Gasteiger partial charge in [-0.15, -0.1) is 0 Å². The van der Waals surface area contributed by atoms with Crippen LogP contribution in [0.25, 0.3) is 44.3 Å². The fourth-order valence-corrected chi connectivity index (χ4v) is 11.6. The number of hydrogen-bond acceptors (Lipinski definition) is 6. The van der Waals surface area contributed by atoms with Crippen molar-refractivity contribution in [3.8, 4) is 0 Å². The van der Waals surface area contributed by atoms with Crippen molar-refractivity contribution in [1.82, 2.24) is 65.3 Å². The van der Waals surface area contributed by atoms with Crippen LogP contribution in [0.5, 0.6) is 0 Å². The standard InChI is InChI=1S/2C10H11N.6C9H10N2.8C2H6.8CH4/c1-8-4-3-6-11-7-5-9(2)10(8)11;1-8-4-3-5-10-7-6-9(2)11(8)10;1-7-3-5-11-6-4-10-8(2)9(7)11;1-7-3-5-10-11-6-4-8(2)9(7)11;1-7-3-4-11-6-10-5-8(2)9(7)11;1-7-3-4-9-6-10-5-8(2)11(7)9;1-7-3-4-9-5-6-10-8(2)11(7)9;1-7-3-4-9-10-6-5-8(2)11(7)9;8*1-2;;;;;;;;/h2*3-7H,1-2H3;6*3-6H,1-2H3;8*1-2H3;8*1H4. The first kappa shape index (κ1) is 117. The third-order valence-electron chi connectivity index (χ3n) is 15.8. The molecule has 0 atom stereocenters. The smallest absolute Gasteiger partial charge is 0.137 e. The first-order valence-electron chi connectivity index (χ1n) is 37.7. The Labute approximate surface area is 685 Å². The highest BCUT2D eigenvalue weighted by atomic mass is 15.2. The van der Waals surface area contributed by atoms with Crippen molar-refractivity contribution in [3.05, 3.63) is 299 Å². The summed E-state index contributed by atoms with van der Waals surface area (Å²) in [4.78, 5) is 20.8. The summed E-state index contributed by atoms with van der Waals surface area (Å²) in [5.41, 5.74) is 28.7. The van der Waals surface area contributed by atoms with E-state index in [1.807, 2.05) is 226 Å². The van der Waals surface area contributed by atoms with E-state index in [0.29, 0.717) is 0 Å². The number of fused-ring (bicyclic) bond motifs is 8. The van der Waals surface area contributed by atoms with E-state index >= 15 is 0 Å². The molecule has 14 nitrogen and oxygen atoms in total. The maximum atomic E-state index is 4.23. The highest BCUT2D eigenvalue weighted by molar-refractivity contribution is 5.62. The zero-order chi connectivity index (χ0) is 78.8. The van der Waals surface area contributed by atoms with E-state index in [0.717, 1.165) is 17.2 Å². The molecule has 0 spiro atoms. The summed E-state index contributed by atoms with van der Waals surface area (Å²) in [6.45, 7) is 65.5. The summed E-state index contributed by atoms with van der Waals surface area (Å²) in [6, 6.07) is 41.8. The van der Waals surface area contributed by atoms with E-state index in [-0.39, 0.29) is 59.4 Å². The monoisotopic (exact) mass is 1540 g/mol. The normalized spacial score (nSPS) is 8.86. The molecule has 0 aromatic carbocycles. The predicted molar refractivity (Wildman–Crippen MR) is 506 cm³/mol. The van der Waals surface area contributed by atoms with Crippen molar-refractivity contribution >= 4 is 44.3 Å². The second-order valence-electron chi connectivity index (χ2n) is 22.5. The minimum absolute atomic E-state index is 0. The molecule has 0 aliphatic carbocycles. The van der Waals surface area contributed by atoms with Gasteiger partial charge in [-0.2, -0.15) is 5.10 Å². The molecule has 16 heterocycles. The Bertz CT molecular complexity index is 4040. The number of nitrogens with zero attached hydrogens (tertiary/aromatic N) is 14. The number of pyridine rings is 2. The molecule has 0 N–H and O–H groups in total. The van der Waals surface area contributed by atoms with Crippen LogP contribution in [0.15, 0.2) is 208 Å². The fourth-order valence-electron chi connectivity index (χ4n) is 11.6. The van der Waals surface area contributed by atoms with Gasteiger partial charge in [-0.1, -0.05) is 182 Å². The van der Waals surface area contributed by atoms with E-state index in [4.69, 9.17) is 0 Å². The lowest BCUT2D eigenvalue weighted by molar-refractivity contribution is 0.932. The Morgan fingerprint density at radius 3 is 1.16 bits per heavy atom. The van der Waals surface area contributed by atoms with Gasteiger partial charge >= 0.3 is 0 Å². The number of aryl methyl sites for hydroxylation is 16. The minimum Gasteiger partial charge on any atom is -0.323 e. The quantitative estimate of drug-likeness (QED) is 0.149. The Kier molecular flexibility index (Phi) is 66.4. The lowest BCUT2D eigenvalue weighted by Gasteiger charge is -2.01. The van der Waals surface area contributed by atoms with Crippen LogP contribution in [-0.2, 0) is 0 Å². The van der Waals surface area contributed by atoms with Gasteiger partial charge in [-0.3, -0.25) is 9.97 Å². The second kappa shape index (κ2) is 63.3. The van der Waals surface area contributed by atoms with Crippen LogP contribution < -0.4 is 0 Å². The molecule has 16 aromatic rings. The van der Waals surface area contributed by atoms with Gasteiger partial charge in [0.2, 0.25) is 0 Å². The summed E-state index contributed by atoms with van der Waals surface area (Å²) < 4.78 is 16.9. The number of hydrogen-bond donors (Lipinski definition) is 0. The molecule has 16 rings (SSSR count). The molecule has 112 heavy (non-hydrogen) atoms. The highest BCUT2D eigenvalue weighted by Gasteiger charge is 2.05. The third kappa shape index (κ3) is 32.2. The second-order valence-corrected chi connectivity index (χ2v) is 22.5. The average molecular weight is 1540 g/mol. The Hall–Kier alpha value is -10.3. The summed E-state index contributed by atoms with van der Waals surface area (Å²) in [5.74, 6) is 1.05. The topological polar surface area (TPSA) is 113 Å². The van der Waals surface area contributed by atoms with Crippen LogP contribution in [0, 0.1) is 111 Å². The predicted octanol–water partition coefficient (Wildman–Crippen LogP) is 30.1. The van der Waals surface area contributed by atoms with Crippen molar-refractivity contribution < 1.29 is 0 Å². The van der Waals surface area contributed by atoms with Crippen molar-refractivity contribution in [1.29, 1.82) is 0 Å². The maximum Gasteiger partial charge on any atom is 0.137 e. The molecule has 0 unspecified atom stereocenters. The average Bonchev–Trinajstić information content (AvgIpc) is 1.76. The molecule has 0 radical (unpaired) electrons. The SMILES string of the molecule is C.C.C.C.C.C.C.C.CC.CC.CC.CC.CC.CC.CC.CC.Cc1ccc2ccnc(C)n12.Cc1ccc2cncc(C)n12.Cc1cccc2ccc(C)n12.Cc1cccn2ccc(C)c12.Cc1ccn2ccnc(C)c12.Cc1ccn2cncc(C)c12.Cc1ccnc2ccc(C)n12.Cc1ccnn2ccc(C)c12. The van der Waals surface area contributed by atoms with Crippen molar-refractivity contribution in [2.75, 3.05) is 0 Å². The molecule has 0 saturated carbocycles. The van der Waals surface area contributed by atoms with Gasteiger partial charge in [-0.25, -0.2) is 19.5 Å². The van der Waals surface area contributed by atoms with Gasteiger partial charge in [0, 0.05) is 125 Å². The van der Waals surface area contributed by atoms with E-state index in [2.05, 4.69) is 269 Å². The lowest BCUT2D eigenvalue weighted by atomic mass is 10.2. The molecule has 0 amide bonds. The van der Waals surface area contributed by atoms with Crippen LogP contribution in [0.4, 0.5) is 0 Å². The molecule has 14 heteroatoms. The largest absolute Gasteiger partial charge is 0.323 e. The first-order chi connectivity index (χ1) is 50.3. The molecular formula is C98H162N14. The van der Waals surface area contributed by atoms with Crippen molar-refractivity contribution in [2.45, 2.75) is 281 Å². The molecule has 0 fully saturated rings. The van der Waals surface area contributed by atoms with Crippen LogP contribution in [-0.4, -0.2) is 65.3 Å². The van der Waals surface area contributed by atoms with Gasteiger partial charge in [-0.05, 0) is 259 Å². The van der Waals surface area contributed by atoms with Gasteiger partial charge < -0.3 is 30.8 Å². The zero-order valence-corrected chi connectivity index (χ0v) is 69.9. The maximum absolute atomic E-state index is 4.23. The summed E-state index contributed by atoms with van der Waals surface area (Å²) in [7, 11) is 0. The van der Waals surface area contributed by atoms with E-state index in [9.17, 15) is 0 Å². The lowest BCUT2D eigenvalue weighted by Crippen LogP contribution is -1.94. The molecular weight excluding hydrogens is 1370 g/mol. The number of aromatic nitrogens is 14. The van der Waals surface area contributed by atoms with Crippen LogP contribution in [0.1, 0.15) is 261 Å². The van der Waals surface area contributed by atoms with Crippen LogP contribution in [0.2, 0.25) is 0 Å². The molecule has 0 aliphatic rings. The van der Waals surface area contributed by atoms with Gasteiger partial charge in [0.05, 0.1) is 45.8 Å². The Morgan fingerprint density at radius 1 is 0.241 bits per heavy atom. The first-order valence-corrected chi connectivity index (χ1v) is 37.7. The van der Waals surface area contributed by atoms with Crippen LogP contribution in [0.3, 0.4) is 0 Å². The highest BCUT2D eigenvalue weighted by Crippen LogP contribution is 2.19. The molecule has 0 saturated heterocycles. The van der Waals surface area contributed by atoms with E-state index in [1.165, 1.54) is 117 Å². The van der Waals surface area contributed by atoms with Crippen molar-refractivity contribution in [3.63, 3.8) is 0 Å². The molecule has 0 bridgehead atoms. The van der Waals surface area contributed by atoms with Gasteiger partial charge in [0.15, 0.2) is 0 Å². The van der Waals surface area contributed by atoms with Crippen molar-refractivity contribution in [2.24, 2.45) is 0 Å². The number of rotatable bonds is 0. The summed E-state index contributed by atoms with van der Waals surface area (Å²) in [5, 5.41) is 4.18. The Morgan fingerprint density at radius 2 is 0.661 bits per heavy atom. The minimum atomic E-state index is 0. The van der Waals surface area contributed by atoms with Gasteiger partial charge in [0.1, 0.15) is 11.5 Å². The van der Waals surface area contributed by atoms with Gasteiger partial charge in [0.25, 0.3) is 0 Å². The van der Waals surface area contributed by atoms with E-state index < -0.39 is 0 Å². The summed E-state index contributed by atoms with van der Waals surface area (Å²) >= 11 is 0. The molecule has 624 valence electrons.